The number of carbonyl (C=O) groups excluding carboxylic acids is 2. The van der Waals surface area contributed by atoms with Crippen LogP contribution in [-0.2, 0) is 11.3 Å². The van der Waals surface area contributed by atoms with E-state index >= 15 is 0 Å². The Morgan fingerprint density at radius 2 is 1.59 bits per heavy atom. The number of carbonyl (C=O) groups is 2. The molecular formula is C22H23N5O2. The number of piperazine rings is 1. The van der Waals surface area contributed by atoms with E-state index in [1.807, 2.05) is 63.0 Å². The van der Waals surface area contributed by atoms with Crippen LogP contribution in [0.1, 0.15) is 28.8 Å². The van der Waals surface area contributed by atoms with Gasteiger partial charge in [0.2, 0.25) is 5.91 Å². The van der Waals surface area contributed by atoms with Gasteiger partial charge >= 0.3 is 0 Å². The summed E-state index contributed by atoms with van der Waals surface area (Å²) in [5.74, 6) is 0.537. The van der Waals surface area contributed by atoms with Gasteiger partial charge in [-0.2, -0.15) is 0 Å². The smallest absolute Gasteiger partial charge is 0.253 e. The third-order valence-electron chi connectivity index (χ3n) is 5.76. The highest BCUT2D eigenvalue weighted by atomic mass is 16.2. The zero-order chi connectivity index (χ0) is 19.8. The van der Waals surface area contributed by atoms with Gasteiger partial charge in [-0.05, 0) is 42.7 Å². The molecule has 0 atom stereocenters. The van der Waals surface area contributed by atoms with E-state index in [1.165, 1.54) is 0 Å². The number of aromatic nitrogens is 3. The minimum Gasteiger partial charge on any atom is -0.339 e. The van der Waals surface area contributed by atoms with E-state index in [4.69, 9.17) is 0 Å². The molecule has 2 aromatic carbocycles. The van der Waals surface area contributed by atoms with Crippen LogP contribution >= 0.6 is 0 Å². The molecule has 2 heterocycles. The Bertz CT molecular complexity index is 1050. The predicted octanol–water partition coefficient (Wildman–Crippen LogP) is 2.17. The Hall–Kier alpha value is -3.22. The Balaban J connectivity index is 1.22. The van der Waals surface area contributed by atoms with E-state index in [9.17, 15) is 9.59 Å². The van der Waals surface area contributed by atoms with Crippen LogP contribution in [0.5, 0.6) is 0 Å². The number of rotatable bonds is 4. The molecule has 2 aliphatic rings. The molecule has 7 nitrogen and oxygen atoms in total. The number of fused-ring (bicyclic) bond motifs is 1. The molecule has 0 unspecified atom stereocenters. The lowest BCUT2D eigenvalue weighted by atomic mass is 10.1. The lowest BCUT2D eigenvalue weighted by Crippen LogP contribution is -2.51. The highest BCUT2D eigenvalue weighted by molar-refractivity contribution is 5.94. The first-order valence-corrected chi connectivity index (χ1v) is 10.1. The van der Waals surface area contributed by atoms with E-state index in [-0.39, 0.29) is 17.7 Å². The fraction of sp³-hybridized carbons (Fsp3) is 0.364. The van der Waals surface area contributed by atoms with Crippen molar-refractivity contribution in [3.05, 3.63) is 59.7 Å². The minimum absolute atomic E-state index is 0.0290. The first kappa shape index (κ1) is 17.8. The molecule has 5 rings (SSSR count). The number of para-hydroxylation sites is 1. The summed E-state index contributed by atoms with van der Waals surface area (Å²) < 4.78 is 1.86. The summed E-state index contributed by atoms with van der Waals surface area (Å²) in [6, 6.07) is 15.6. The molecule has 3 aromatic rings. The van der Waals surface area contributed by atoms with E-state index in [2.05, 4.69) is 10.3 Å². The number of nitrogens with zero attached hydrogens (tertiary/aromatic N) is 5. The maximum absolute atomic E-state index is 12.8. The average molecular weight is 389 g/mol. The summed E-state index contributed by atoms with van der Waals surface area (Å²) in [5.41, 5.74) is 3.61. The molecular weight excluding hydrogens is 366 g/mol. The topological polar surface area (TPSA) is 71.3 Å². The van der Waals surface area contributed by atoms with Crippen molar-refractivity contribution in [2.75, 3.05) is 26.2 Å². The van der Waals surface area contributed by atoms with Gasteiger partial charge in [-0.1, -0.05) is 29.5 Å². The van der Waals surface area contributed by atoms with Crippen molar-refractivity contribution in [2.45, 2.75) is 19.4 Å². The molecule has 148 valence electrons. The monoisotopic (exact) mass is 389 g/mol. The van der Waals surface area contributed by atoms with Gasteiger partial charge in [-0.3, -0.25) is 9.59 Å². The summed E-state index contributed by atoms with van der Waals surface area (Å²) in [4.78, 5) is 28.7. The molecule has 2 fully saturated rings. The van der Waals surface area contributed by atoms with Crippen LogP contribution < -0.4 is 0 Å². The standard InChI is InChI=1S/C22H23N5O2/c28-21(25-11-13-26(14-12-25)22(29)18-9-10-18)17-7-5-16(6-8-17)15-27-20-4-2-1-3-19(20)23-24-27/h1-8,18H,9-15H2. The second-order valence-electron chi connectivity index (χ2n) is 7.82. The first-order chi connectivity index (χ1) is 14.2. The lowest BCUT2D eigenvalue weighted by Gasteiger charge is -2.35. The Morgan fingerprint density at radius 1 is 0.897 bits per heavy atom. The largest absolute Gasteiger partial charge is 0.339 e. The summed E-state index contributed by atoms with van der Waals surface area (Å²) in [6.07, 6.45) is 2.05. The lowest BCUT2D eigenvalue weighted by molar-refractivity contribution is -0.134. The predicted molar refractivity (Wildman–Crippen MR) is 108 cm³/mol. The Labute approximate surface area is 168 Å². The van der Waals surface area contributed by atoms with Crippen LogP contribution in [0.4, 0.5) is 0 Å². The molecule has 2 amide bonds. The van der Waals surface area contributed by atoms with Crippen LogP contribution in [0.3, 0.4) is 0 Å². The highest BCUT2D eigenvalue weighted by Gasteiger charge is 2.35. The van der Waals surface area contributed by atoms with Crippen molar-refractivity contribution in [1.82, 2.24) is 24.8 Å². The maximum Gasteiger partial charge on any atom is 0.253 e. The van der Waals surface area contributed by atoms with Crippen LogP contribution in [0.25, 0.3) is 11.0 Å². The van der Waals surface area contributed by atoms with Gasteiger partial charge in [0.15, 0.2) is 0 Å². The van der Waals surface area contributed by atoms with Crippen LogP contribution in [0, 0.1) is 5.92 Å². The van der Waals surface area contributed by atoms with Gasteiger partial charge in [0.05, 0.1) is 12.1 Å². The molecule has 0 N–H and O–H groups in total. The van der Waals surface area contributed by atoms with E-state index in [0.29, 0.717) is 38.3 Å². The Kier molecular flexibility index (Phi) is 4.50. The van der Waals surface area contributed by atoms with Crippen molar-refractivity contribution < 1.29 is 9.59 Å². The third kappa shape index (κ3) is 3.60. The highest BCUT2D eigenvalue weighted by Crippen LogP contribution is 2.31. The molecule has 1 aliphatic heterocycles. The van der Waals surface area contributed by atoms with E-state index < -0.39 is 0 Å². The van der Waals surface area contributed by atoms with Gasteiger partial charge < -0.3 is 9.80 Å². The second kappa shape index (κ2) is 7.31. The first-order valence-electron chi connectivity index (χ1n) is 10.1. The third-order valence-corrected chi connectivity index (χ3v) is 5.76. The number of hydrogen-bond donors (Lipinski definition) is 0. The van der Waals surface area contributed by atoms with Crippen molar-refractivity contribution in [3.63, 3.8) is 0 Å². The maximum atomic E-state index is 12.8. The Morgan fingerprint density at radius 3 is 2.31 bits per heavy atom. The van der Waals surface area contributed by atoms with Crippen LogP contribution in [0.15, 0.2) is 48.5 Å². The molecule has 1 aliphatic carbocycles. The van der Waals surface area contributed by atoms with E-state index in [0.717, 1.165) is 29.4 Å². The van der Waals surface area contributed by atoms with Crippen LogP contribution in [-0.4, -0.2) is 62.8 Å². The number of hydrogen-bond acceptors (Lipinski definition) is 4. The van der Waals surface area contributed by atoms with Gasteiger partial charge in [0.1, 0.15) is 5.52 Å². The van der Waals surface area contributed by atoms with Crippen molar-refractivity contribution in [3.8, 4) is 0 Å². The van der Waals surface area contributed by atoms with Crippen LogP contribution in [0.2, 0.25) is 0 Å². The van der Waals surface area contributed by atoms with Gasteiger partial charge in [-0.25, -0.2) is 4.68 Å². The summed E-state index contributed by atoms with van der Waals surface area (Å²) in [5, 5.41) is 8.40. The molecule has 0 spiro atoms. The number of amides is 2. The minimum atomic E-state index is 0.0290. The summed E-state index contributed by atoms with van der Waals surface area (Å²) in [7, 11) is 0. The van der Waals surface area contributed by atoms with Crippen molar-refractivity contribution >= 4 is 22.8 Å². The average Bonchev–Trinajstić information content (AvgIpc) is 3.55. The molecule has 1 saturated heterocycles. The molecule has 29 heavy (non-hydrogen) atoms. The molecule has 7 heteroatoms. The van der Waals surface area contributed by atoms with Gasteiger partial charge in [-0.15, -0.1) is 5.10 Å². The molecule has 1 saturated carbocycles. The zero-order valence-electron chi connectivity index (χ0n) is 16.2. The second-order valence-corrected chi connectivity index (χ2v) is 7.82. The molecule has 0 radical (unpaired) electrons. The van der Waals surface area contributed by atoms with Gasteiger partial charge in [0.25, 0.3) is 5.91 Å². The van der Waals surface area contributed by atoms with Crippen molar-refractivity contribution in [2.24, 2.45) is 5.92 Å². The SMILES string of the molecule is O=C(c1ccc(Cn2nnc3ccccc32)cc1)N1CCN(C(=O)C2CC2)CC1. The fourth-order valence-electron chi connectivity index (χ4n) is 3.86. The summed E-state index contributed by atoms with van der Waals surface area (Å²) >= 11 is 0. The zero-order valence-corrected chi connectivity index (χ0v) is 16.2. The molecule has 0 bridgehead atoms. The number of benzene rings is 2. The fourth-order valence-corrected chi connectivity index (χ4v) is 3.86. The quantitative estimate of drug-likeness (QED) is 0.686. The van der Waals surface area contributed by atoms with Gasteiger partial charge in [0, 0.05) is 37.7 Å². The van der Waals surface area contributed by atoms with Crippen molar-refractivity contribution in [1.29, 1.82) is 0 Å². The molecule has 1 aromatic heterocycles. The summed E-state index contributed by atoms with van der Waals surface area (Å²) in [6.45, 7) is 3.09. The normalized spacial score (nSPS) is 17.0. The van der Waals surface area contributed by atoms with E-state index in [1.54, 1.807) is 0 Å².